The molecule has 0 unspecified atom stereocenters. The molecule has 0 saturated heterocycles. The first kappa shape index (κ1) is 19.1. The molecule has 0 saturated carbocycles. The van der Waals surface area contributed by atoms with Crippen molar-refractivity contribution in [3.63, 3.8) is 0 Å². The van der Waals surface area contributed by atoms with Gasteiger partial charge < -0.3 is 5.32 Å². The molecule has 0 aromatic heterocycles. The lowest BCUT2D eigenvalue weighted by atomic mass is 9.83. The minimum absolute atomic E-state index is 0.0535. The quantitative estimate of drug-likeness (QED) is 0.823. The summed E-state index contributed by atoms with van der Waals surface area (Å²) in [6.45, 7) is 3.95. The molecule has 0 radical (unpaired) electrons. The lowest BCUT2D eigenvalue weighted by Gasteiger charge is -2.24. The highest BCUT2D eigenvalue weighted by Crippen LogP contribution is 2.23. The molecule has 25 heavy (non-hydrogen) atoms. The summed E-state index contributed by atoms with van der Waals surface area (Å²) in [7, 11) is -3.70. The van der Waals surface area contributed by atoms with Gasteiger partial charge in [0.05, 0.1) is 10.3 Å². The Morgan fingerprint density at radius 1 is 1.08 bits per heavy atom. The summed E-state index contributed by atoms with van der Waals surface area (Å²) in [6.07, 6.45) is 0.552. The van der Waals surface area contributed by atoms with Crippen molar-refractivity contribution in [1.82, 2.24) is 5.32 Å². The molecule has 2 rings (SSSR count). The Morgan fingerprint density at radius 3 is 2.16 bits per heavy atom. The van der Waals surface area contributed by atoms with E-state index in [2.05, 4.69) is 5.32 Å². The van der Waals surface area contributed by atoms with E-state index in [0.717, 1.165) is 11.1 Å². The minimum atomic E-state index is -3.70. The normalized spacial score (nSPS) is 12.0. The lowest BCUT2D eigenvalue weighted by molar-refractivity contribution is -0.125. The second-order valence-electron chi connectivity index (χ2n) is 6.33. The second kappa shape index (κ2) is 7.33. The van der Waals surface area contributed by atoms with Crippen LogP contribution < -0.4 is 10.5 Å². The van der Waals surface area contributed by atoms with Crippen LogP contribution in [0.3, 0.4) is 0 Å². The fraction of sp³-hybridized carbons (Fsp3) is 0.278. The van der Waals surface area contributed by atoms with Crippen molar-refractivity contribution < 1.29 is 17.6 Å². The number of sulfonamides is 1. The Bertz CT molecular complexity index is 845. The van der Waals surface area contributed by atoms with Crippen molar-refractivity contribution in [2.24, 2.45) is 5.14 Å². The standard InChI is InChI=1S/C18H21FN2O3S/c1-18(2,14-5-7-15(19)8-6-14)17(22)21-12-11-13-3-9-16(10-4-13)25(20,23)24/h3-10H,11-12H2,1-2H3,(H,21,22)(H2,20,23,24). The topological polar surface area (TPSA) is 89.3 Å². The van der Waals surface area contributed by atoms with Crippen LogP contribution in [0.4, 0.5) is 4.39 Å². The Kier molecular flexibility index (Phi) is 5.59. The van der Waals surface area contributed by atoms with Gasteiger partial charge in [0.25, 0.3) is 0 Å². The van der Waals surface area contributed by atoms with Crippen LogP contribution in [0.25, 0.3) is 0 Å². The van der Waals surface area contributed by atoms with Crippen LogP contribution >= 0.6 is 0 Å². The average molecular weight is 364 g/mol. The van der Waals surface area contributed by atoms with Crippen LogP contribution in [0.2, 0.25) is 0 Å². The largest absolute Gasteiger partial charge is 0.355 e. The number of carbonyl (C=O) groups is 1. The van der Waals surface area contributed by atoms with E-state index in [0.29, 0.717) is 13.0 Å². The van der Waals surface area contributed by atoms with Gasteiger partial charge in [-0.25, -0.2) is 17.9 Å². The average Bonchev–Trinajstić information content (AvgIpc) is 2.54. The third-order valence-corrected chi connectivity index (χ3v) is 5.01. The maximum Gasteiger partial charge on any atom is 0.238 e. The number of hydrogen-bond donors (Lipinski definition) is 2. The van der Waals surface area contributed by atoms with E-state index in [9.17, 15) is 17.6 Å². The van der Waals surface area contributed by atoms with Gasteiger partial charge in [0.15, 0.2) is 0 Å². The van der Waals surface area contributed by atoms with E-state index in [1.807, 2.05) is 0 Å². The number of benzene rings is 2. The van der Waals surface area contributed by atoms with Gasteiger partial charge in [-0.1, -0.05) is 24.3 Å². The number of carbonyl (C=O) groups excluding carboxylic acids is 1. The number of rotatable bonds is 6. The summed E-state index contributed by atoms with van der Waals surface area (Å²) in [5.74, 6) is -0.511. The van der Waals surface area contributed by atoms with Gasteiger partial charge in [0.2, 0.25) is 15.9 Å². The molecule has 1 amide bonds. The molecule has 5 nitrogen and oxygen atoms in total. The van der Waals surface area contributed by atoms with Crippen molar-refractivity contribution in [3.8, 4) is 0 Å². The van der Waals surface area contributed by atoms with Gasteiger partial charge in [0.1, 0.15) is 5.82 Å². The molecule has 0 atom stereocenters. The monoisotopic (exact) mass is 364 g/mol. The molecule has 0 bridgehead atoms. The van der Waals surface area contributed by atoms with Gasteiger partial charge in [-0.05, 0) is 55.7 Å². The molecule has 0 fully saturated rings. The summed E-state index contributed by atoms with van der Waals surface area (Å²) in [4.78, 5) is 12.5. The molecule has 0 heterocycles. The molecule has 0 aliphatic rings. The van der Waals surface area contributed by atoms with E-state index in [1.165, 1.54) is 24.3 Å². The third kappa shape index (κ3) is 4.87. The zero-order valence-corrected chi connectivity index (χ0v) is 14.9. The Morgan fingerprint density at radius 2 is 1.64 bits per heavy atom. The smallest absolute Gasteiger partial charge is 0.238 e. The SMILES string of the molecule is CC(C)(C(=O)NCCc1ccc(S(N)(=O)=O)cc1)c1ccc(F)cc1. The lowest BCUT2D eigenvalue weighted by Crippen LogP contribution is -2.40. The van der Waals surface area contributed by atoms with Crippen LogP contribution in [0.1, 0.15) is 25.0 Å². The molecular weight excluding hydrogens is 343 g/mol. The zero-order chi connectivity index (χ0) is 18.7. The molecule has 2 aromatic rings. The Balaban J connectivity index is 1.94. The number of halogens is 1. The minimum Gasteiger partial charge on any atom is -0.355 e. The van der Waals surface area contributed by atoms with Crippen LogP contribution in [0.15, 0.2) is 53.4 Å². The Hall–Kier alpha value is -2.25. The molecule has 3 N–H and O–H groups in total. The molecule has 0 aliphatic carbocycles. The van der Waals surface area contributed by atoms with E-state index < -0.39 is 15.4 Å². The van der Waals surface area contributed by atoms with Crippen molar-refractivity contribution in [2.45, 2.75) is 30.6 Å². The van der Waals surface area contributed by atoms with Crippen LogP contribution in [-0.2, 0) is 26.7 Å². The van der Waals surface area contributed by atoms with Crippen LogP contribution in [-0.4, -0.2) is 20.9 Å². The summed E-state index contributed by atoms with van der Waals surface area (Å²) < 4.78 is 35.4. The van der Waals surface area contributed by atoms with Crippen molar-refractivity contribution in [3.05, 3.63) is 65.5 Å². The van der Waals surface area contributed by atoms with Gasteiger partial charge >= 0.3 is 0 Å². The van der Waals surface area contributed by atoms with E-state index in [-0.39, 0.29) is 16.6 Å². The number of amides is 1. The fourth-order valence-electron chi connectivity index (χ4n) is 2.38. The predicted molar refractivity (Wildman–Crippen MR) is 94.0 cm³/mol. The number of nitrogens with two attached hydrogens (primary N) is 1. The molecule has 7 heteroatoms. The highest BCUT2D eigenvalue weighted by molar-refractivity contribution is 7.89. The van der Waals surface area contributed by atoms with Crippen molar-refractivity contribution in [1.29, 1.82) is 0 Å². The first-order chi connectivity index (χ1) is 11.6. The maximum absolute atomic E-state index is 13.0. The highest BCUT2D eigenvalue weighted by Gasteiger charge is 2.29. The second-order valence-corrected chi connectivity index (χ2v) is 7.89. The van der Waals surface area contributed by atoms with Gasteiger partial charge in [-0.3, -0.25) is 4.79 Å². The molecule has 134 valence electrons. The first-order valence-electron chi connectivity index (χ1n) is 7.77. The molecule has 2 aromatic carbocycles. The summed E-state index contributed by atoms with van der Waals surface area (Å²) >= 11 is 0. The van der Waals surface area contributed by atoms with Crippen LogP contribution in [0, 0.1) is 5.82 Å². The summed E-state index contributed by atoms with van der Waals surface area (Å²) in [5.41, 5.74) is 0.821. The highest BCUT2D eigenvalue weighted by atomic mass is 32.2. The fourth-order valence-corrected chi connectivity index (χ4v) is 2.90. The molecule has 0 spiro atoms. The van der Waals surface area contributed by atoms with Gasteiger partial charge in [-0.15, -0.1) is 0 Å². The predicted octanol–water partition coefficient (Wildman–Crippen LogP) is 2.11. The van der Waals surface area contributed by atoms with E-state index >= 15 is 0 Å². The van der Waals surface area contributed by atoms with Crippen molar-refractivity contribution >= 4 is 15.9 Å². The third-order valence-electron chi connectivity index (χ3n) is 4.08. The first-order valence-corrected chi connectivity index (χ1v) is 9.31. The van der Waals surface area contributed by atoms with Gasteiger partial charge in [-0.2, -0.15) is 0 Å². The number of primary sulfonamides is 1. The number of hydrogen-bond acceptors (Lipinski definition) is 3. The van der Waals surface area contributed by atoms with Crippen LogP contribution in [0.5, 0.6) is 0 Å². The van der Waals surface area contributed by atoms with E-state index in [4.69, 9.17) is 5.14 Å². The number of nitrogens with one attached hydrogen (secondary N) is 1. The van der Waals surface area contributed by atoms with E-state index in [1.54, 1.807) is 38.1 Å². The zero-order valence-electron chi connectivity index (χ0n) is 14.1. The molecule has 0 aliphatic heterocycles. The Labute approximate surface area is 147 Å². The van der Waals surface area contributed by atoms with Crippen molar-refractivity contribution in [2.75, 3.05) is 6.54 Å². The summed E-state index contributed by atoms with van der Waals surface area (Å²) in [5, 5.41) is 7.90. The molecular formula is C18H21FN2O3S. The van der Waals surface area contributed by atoms with Gasteiger partial charge in [0, 0.05) is 6.54 Å². The maximum atomic E-state index is 13.0. The summed E-state index contributed by atoms with van der Waals surface area (Å²) in [6, 6.07) is 12.1.